The third-order valence-corrected chi connectivity index (χ3v) is 5.61. The van der Waals surface area contributed by atoms with E-state index in [1.807, 2.05) is 6.92 Å². The highest BCUT2D eigenvalue weighted by molar-refractivity contribution is 9.11. The SMILES string of the molecule is Cc1ccc(S(=O)(=O)Nc2c(C)cc(Br)c(F)c2Br)cc1. The first-order valence-corrected chi connectivity index (χ1v) is 9.03. The van der Waals surface area contributed by atoms with Gasteiger partial charge in [-0.2, -0.15) is 0 Å². The van der Waals surface area contributed by atoms with Gasteiger partial charge in [-0.3, -0.25) is 4.72 Å². The first kappa shape index (κ1) is 16.5. The summed E-state index contributed by atoms with van der Waals surface area (Å²) in [4.78, 5) is 0.128. The van der Waals surface area contributed by atoms with Crippen LogP contribution in [-0.4, -0.2) is 8.42 Å². The Bertz CT molecular complexity index is 790. The van der Waals surface area contributed by atoms with Gasteiger partial charge in [-0.1, -0.05) is 17.7 Å². The lowest BCUT2D eigenvalue weighted by Crippen LogP contribution is -2.14. The van der Waals surface area contributed by atoms with E-state index in [1.165, 1.54) is 18.2 Å². The van der Waals surface area contributed by atoms with Crippen molar-refractivity contribution in [2.45, 2.75) is 18.7 Å². The molecule has 7 heteroatoms. The van der Waals surface area contributed by atoms with E-state index in [1.54, 1.807) is 19.1 Å². The lowest BCUT2D eigenvalue weighted by molar-refractivity contribution is 0.600. The number of hydrogen-bond donors (Lipinski definition) is 1. The maximum absolute atomic E-state index is 13.9. The van der Waals surface area contributed by atoms with Crippen LogP contribution in [0.3, 0.4) is 0 Å². The van der Waals surface area contributed by atoms with Crippen LogP contribution in [-0.2, 0) is 10.0 Å². The van der Waals surface area contributed by atoms with Crippen molar-refractivity contribution in [3.63, 3.8) is 0 Å². The summed E-state index contributed by atoms with van der Waals surface area (Å²) in [5.41, 5.74) is 1.75. The molecule has 0 saturated heterocycles. The van der Waals surface area contributed by atoms with Crippen molar-refractivity contribution in [3.05, 3.63) is 56.2 Å². The number of benzene rings is 2. The van der Waals surface area contributed by atoms with Gasteiger partial charge in [0, 0.05) is 0 Å². The van der Waals surface area contributed by atoms with E-state index in [2.05, 4.69) is 36.6 Å². The second-order valence-electron chi connectivity index (χ2n) is 4.60. The second kappa shape index (κ2) is 6.06. The minimum atomic E-state index is -3.77. The van der Waals surface area contributed by atoms with Gasteiger partial charge in [-0.15, -0.1) is 0 Å². The fraction of sp³-hybridized carbons (Fsp3) is 0.143. The van der Waals surface area contributed by atoms with E-state index < -0.39 is 15.8 Å². The van der Waals surface area contributed by atoms with Gasteiger partial charge < -0.3 is 0 Å². The third-order valence-electron chi connectivity index (χ3n) is 2.93. The molecule has 3 nitrogen and oxygen atoms in total. The molecule has 0 aliphatic heterocycles. The molecule has 0 aromatic heterocycles. The number of rotatable bonds is 3. The lowest BCUT2D eigenvalue weighted by atomic mass is 10.2. The number of sulfonamides is 1. The average Bonchev–Trinajstić information content (AvgIpc) is 2.42. The smallest absolute Gasteiger partial charge is 0.261 e. The molecule has 0 atom stereocenters. The van der Waals surface area contributed by atoms with E-state index >= 15 is 0 Å². The number of nitrogens with one attached hydrogen (secondary N) is 1. The van der Waals surface area contributed by atoms with Crippen molar-refractivity contribution in [1.82, 2.24) is 0 Å². The van der Waals surface area contributed by atoms with Crippen LogP contribution in [0.1, 0.15) is 11.1 Å². The summed E-state index contributed by atoms with van der Waals surface area (Å²) in [6, 6.07) is 7.95. The Balaban J connectivity index is 2.47. The molecule has 0 aliphatic carbocycles. The highest BCUT2D eigenvalue weighted by atomic mass is 79.9. The number of halogens is 3. The normalized spacial score (nSPS) is 11.5. The molecule has 0 amide bonds. The molecule has 0 spiro atoms. The average molecular weight is 437 g/mol. The maximum atomic E-state index is 13.9. The van der Waals surface area contributed by atoms with Gasteiger partial charge in [0.05, 0.1) is 19.5 Å². The minimum Gasteiger partial charge on any atom is -0.278 e. The summed E-state index contributed by atoms with van der Waals surface area (Å²) in [5, 5.41) is 0. The molecule has 0 saturated carbocycles. The van der Waals surface area contributed by atoms with Crippen LogP contribution in [0, 0.1) is 19.7 Å². The number of anilines is 1. The monoisotopic (exact) mass is 435 g/mol. The highest BCUT2D eigenvalue weighted by Gasteiger charge is 2.20. The molecule has 0 fully saturated rings. The molecule has 0 radical (unpaired) electrons. The van der Waals surface area contributed by atoms with Crippen molar-refractivity contribution < 1.29 is 12.8 Å². The Labute approximate surface area is 139 Å². The van der Waals surface area contributed by atoms with Crippen LogP contribution >= 0.6 is 31.9 Å². The van der Waals surface area contributed by atoms with Crippen LogP contribution in [0.5, 0.6) is 0 Å². The predicted molar refractivity (Wildman–Crippen MR) is 88.5 cm³/mol. The van der Waals surface area contributed by atoms with E-state index in [-0.39, 0.29) is 19.5 Å². The van der Waals surface area contributed by atoms with Gasteiger partial charge in [0.15, 0.2) is 5.82 Å². The Morgan fingerprint density at radius 2 is 1.67 bits per heavy atom. The molecule has 21 heavy (non-hydrogen) atoms. The van der Waals surface area contributed by atoms with Gasteiger partial charge in [0.1, 0.15) is 0 Å². The van der Waals surface area contributed by atoms with Crippen LogP contribution in [0.2, 0.25) is 0 Å². The van der Waals surface area contributed by atoms with Crippen LogP contribution in [0.15, 0.2) is 44.2 Å². The van der Waals surface area contributed by atoms with E-state index in [0.717, 1.165) is 5.56 Å². The summed E-state index contributed by atoms with van der Waals surface area (Å²) in [5.74, 6) is -0.554. The van der Waals surface area contributed by atoms with Crippen molar-refractivity contribution >= 4 is 47.6 Å². The molecule has 2 aromatic rings. The van der Waals surface area contributed by atoms with Gasteiger partial charge >= 0.3 is 0 Å². The van der Waals surface area contributed by atoms with Gasteiger partial charge in [-0.25, -0.2) is 12.8 Å². The zero-order chi connectivity index (χ0) is 15.8. The molecule has 0 aliphatic rings. The molecule has 1 N–H and O–H groups in total. The maximum Gasteiger partial charge on any atom is 0.261 e. The van der Waals surface area contributed by atoms with Gasteiger partial charge in [0.25, 0.3) is 10.0 Å². The van der Waals surface area contributed by atoms with Crippen molar-refractivity contribution in [1.29, 1.82) is 0 Å². The molecule has 112 valence electrons. The molecular formula is C14H12Br2FNO2S. The third kappa shape index (κ3) is 3.46. The van der Waals surface area contributed by atoms with Crippen molar-refractivity contribution in [2.24, 2.45) is 0 Å². The van der Waals surface area contributed by atoms with Crippen molar-refractivity contribution in [3.8, 4) is 0 Å². The van der Waals surface area contributed by atoms with E-state index in [9.17, 15) is 12.8 Å². The second-order valence-corrected chi connectivity index (χ2v) is 7.93. The quantitative estimate of drug-likeness (QED) is 0.704. The largest absolute Gasteiger partial charge is 0.278 e. The Morgan fingerprint density at radius 3 is 2.24 bits per heavy atom. The molecule has 0 unspecified atom stereocenters. The fourth-order valence-corrected chi connectivity index (χ4v) is 4.46. The highest BCUT2D eigenvalue weighted by Crippen LogP contribution is 2.35. The van der Waals surface area contributed by atoms with E-state index in [0.29, 0.717) is 5.56 Å². The van der Waals surface area contributed by atoms with Crippen molar-refractivity contribution in [2.75, 3.05) is 4.72 Å². The van der Waals surface area contributed by atoms with Crippen LogP contribution < -0.4 is 4.72 Å². The van der Waals surface area contributed by atoms with E-state index in [4.69, 9.17) is 0 Å². The summed E-state index contributed by atoms with van der Waals surface area (Å²) in [6.07, 6.45) is 0. The predicted octanol–water partition coefficient (Wildman–Crippen LogP) is 4.77. The lowest BCUT2D eigenvalue weighted by Gasteiger charge is -2.14. The topological polar surface area (TPSA) is 46.2 Å². The first-order valence-electron chi connectivity index (χ1n) is 5.96. The fourth-order valence-electron chi connectivity index (χ4n) is 1.75. The molecule has 0 heterocycles. The van der Waals surface area contributed by atoms with Crippen LogP contribution in [0.4, 0.5) is 10.1 Å². The zero-order valence-electron chi connectivity index (χ0n) is 11.2. The Kier molecular flexibility index (Phi) is 4.75. The van der Waals surface area contributed by atoms with Crippen LogP contribution in [0.25, 0.3) is 0 Å². The first-order chi connectivity index (χ1) is 9.72. The molecule has 2 aromatic carbocycles. The number of aryl methyl sites for hydroxylation is 2. The van der Waals surface area contributed by atoms with Gasteiger partial charge in [0.2, 0.25) is 0 Å². The summed E-state index contributed by atoms with van der Waals surface area (Å²) < 4.78 is 41.3. The number of hydrogen-bond acceptors (Lipinski definition) is 2. The standard InChI is InChI=1S/C14H12Br2FNO2S/c1-8-3-5-10(6-4-8)21(19,20)18-14-9(2)7-11(15)13(17)12(14)16/h3-7,18H,1-2H3. The summed E-state index contributed by atoms with van der Waals surface area (Å²) in [6.45, 7) is 3.57. The minimum absolute atomic E-state index is 0.0741. The molecule has 0 bridgehead atoms. The molecule has 2 rings (SSSR count). The van der Waals surface area contributed by atoms with Gasteiger partial charge in [-0.05, 0) is 69.5 Å². The Morgan fingerprint density at radius 1 is 1.10 bits per heavy atom. The Hall–Kier alpha value is -0.920. The summed E-state index contributed by atoms with van der Waals surface area (Å²) in [7, 11) is -3.77. The zero-order valence-corrected chi connectivity index (χ0v) is 15.2. The summed E-state index contributed by atoms with van der Waals surface area (Å²) >= 11 is 6.17. The molecular weight excluding hydrogens is 425 g/mol.